The van der Waals surface area contributed by atoms with Crippen LogP contribution in [0.15, 0.2) is 18.2 Å². The van der Waals surface area contributed by atoms with Crippen LogP contribution in [-0.2, 0) is 4.74 Å². The molecule has 0 saturated heterocycles. The van der Waals surface area contributed by atoms with E-state index in [1.165, 1.54) is 0 Å². The van der Waals surface area contributed by atoms with E-state index in [0.717, 1.165) is 25.9 Å². The lowest BCUT2D eigenvalue weighted by atomic mass is 10.0. The van der Waals surface area contributed by atoms with Gasteiger partial charge in [0, 0.05) is 6.04 Å². The largest absolute Gasteiger partial charge is 0.491 e. The Labute approximate surface area is 152 Å². The van der Waals surface area contributed by atoms with Gasteiger partial charge in [0.25, 0.3) is 0 Å². The average molecular weight is 351 g/mol. The molecule has 1 rings (SSSR count). The highest BCUT2D eigenvalue weighted by atomic mass is 16.5. The zero-order valence-electron chi connectivity index (χ0n) is 16.4. The Morgan fingerprint density at radius 2 is 1.88 bits per heavy atom. The highest BCUT2D eigenvalue weighted by Gasteiger charge is 2.22. The van der Waals surface area contributed by atoms with E-state index in [2.05, 4.69) is 39.5 Å². The number of unbranched alkanes of at least 4 members (excludes halogenated alkanes) is 1. The molecule has 1 atom stereocenters. The van der Waals surface area contributed by atoms with E-state index in [1.54, 1.807) is 18.2 Å². The fourth-order valence-corrected chi connectivity index (χ4v) is 2.77. The van der Waals surface area contributed by atoms with E-state index in [4.69, 9.17) is 15.2 Å². The second-order valence-corrected chi connectivity index (χ2v) is 6.59. The fraction of sp³-hybridized carbons (Fsp3) is 0.650. The summed E-state index contributed by atoms with van der Waals surface area (Å²) >= 11 is 0. The Hall–Kier alpha value is -1.75. The van der Waals surface area contributed by atoms with Crippen LogP contribution in [0.3, 0.4) is 0 Å². The molecule has 25 heavy (non-hydrogen) atoms. The number of ether oxygens (including phenoxy) is 2. The molecule has 5 nitrogen and oxygen atoms in total. The molecule has 0 aliphatic carbocycles. The van der Waals surface area contributed by atoms with Gasteiger partial charge in [0.15, 0.2) is 0 Å². The van der Waals surface area contributed by atoms with Crippen molar-refractivity contribution in [3.63, 3.8) is 0 Å². The molecule has 0 aliphatic heterocycles. The van der Waals surface area contributed by atoms with Crippen LogP contribution in [0.5, 0.6) is 5.75 Å². The van der Waals surface area contributed by atoms with Gasteiger partial charge in [-0.25, -0.2) is 4.79 Å². The highest BCUT2D eigenvalue weighted by Crippen LogP contribution is 2.24. The minimum absolute atomic E-state index is 0.216. The second kappa shape index (κ2) is 11.0. The van der Waals surface area contributed by atoms with Gasteiger partial charge in [-0.3, -0.25) is 4.90 Å². The Bertz CT molecular complexity index is 528. The molecular weight excluding hydrogens is 316 g/mol. The molecule has 1 aromatic carbocycles. The molecule has 2 N–H and O–H groups in total. The third kappa shape index (κ3) is 6.58. The van der Waals surface area contributed by atoms with Gasteiger partial charge in [-0.2, -0.15) is 0 Å². The molecule has 5 heteroatoms. The maximum Gasteiger partial charge on any atom is 0.338 e. The van der Waals surface area contributed by atoms with Crippen molar-refractivity contribution in [2.75, 3.05) is 32.0 Å². The smallest absolute Gasteiger partial charge is 0.338 e. The van der Waals surface area contributed by atoms with Crippen LogP contribution in [0.4, 0.5) is 5.69 Å². The van der Waals surface area contributed by atoms with Gasteiger partial charge in [-0.15, -0.1) is 0 Å². The maximum absolute atomic E-state index is 12.4. The van der Waals surface area contributed by atoms with Crippen molar-refractivity contribution in [3.05, 3.63) is 23.8 Å². The van der Waals surface area contributed by atoms with Crippen molar-refractivity contribution >= 4 is 11.7 Å². The molecule has 1 aromatic rings. The normalized spacial score (nSPS) is 12.4. The average Bonchev–Trinajstić information content (AvgIpc) is 2.59. The third-order valence-electron chi connectivity index (χ3n) is 4.44. The molecule has 0 radical (unpaired) electrons. The molecule has 0 saturated carbocycles. The number of carbonyl (C=O) groups is 1. The molecule has 0 unspecified atom stereocenters. The second-order valence-electron chi connectivity index (χ2n) is 6.59. The number of hydrogen-bond acceptors (Lipinski definition) is 5. The lowest BCUT2D eigenvalue weighted by molar-refractivity contribution is 0.0290. The number of hydrogen-bond donors (Lipinski definition) is 1. The first-order valence-corrected chi connectivity index (χ1v) is 9.37. The van der Waals surface area contributed by atoms with Crippen LogP contribution < -0.4 is 10.5 Å². The van der Waals surface area contributed by atoms with E-state index < -0.39 is 0 Å². The molecule has 0 aromatic heterocycles. The zero-order valence-corrected chi connectivity index (χ0v) is 16.4. The summed E-state index contributed by atoms with van der Waals surface area (Å²) in [4.78, 5) is 14.7. The minimum Gasteiger partial charge on any atom is -0.491 e. The van der Waals surface area contributed by atoms with Crippen LogP contribution >= 0.6 is 0 Å². The quantitative estimate of drug-likeness (QED) is 0.372. The first-order chi connectivity index (χ1) is 11.9. The van der Waals surface area contributed by atoms with Crippen LogP contribution in [0, 0.1) is 5.92 Å². The summed E-state index contributed by atoms with van der Waals surface area (Å²) in [6, 6.07) is 5.27. The standard InChI is InChI=1S/C20H34N2O3/c1-6-9-12-24-19-13-16(10-11-17(19)21)20(23)25-14-18(15(4)5)22(7-2)8-3/h10-11,13,15,18H,6-9,12,14,21H2,1-5H3/t18-/m1/s1. The zero-order chi connectivity index (χ0) is 18.8. The molecule has 0 fully saturated rings. The lowest BCUT2D eigenvalue weighted by Gasteiger charge is -2.32. The van der Waals surface area contributed by atoms with Gasteiger partial charge in [-0.1, -0.05) is 41.0 Å². The molecule has 0 spiro atoms. The van der Waals surface area contributed by atoms with Gasteiger partial charge in [0.2, 0.25) is 0 Å². The van der Waals surface area contributed by atoms with Gasteiger partial charge >= 0.3 is 5.97 Å². The van der Waals surface area contributed by atoms with E-state index in [-0.39, 0.29) is 12.0 Å². The molecule has 142 valence electrons. The number of rotatable bonds is 11. The maximum atomic E-state index is 12.4. The molecule has 0 aliphatic rings. The van der Waals surface area contributed by atoms with Gasteiger partial charge in [0.1, 0.15) is 12.4 Å². The van der Waals surface area contributed by atoms with Crippen LogP contribution in [-0.4, -0.2) is 43.2 Å². The minimum atomic E-state index is -0.335. The van der Waals surface area contributed by atoms with Crippen molar-refractivity contribution in [2.24, 2.45) is 5.92 Å². The first-order valence-electron chi connectivity index (χ1n) is 9.37. The van der Waals surface area contributed by atoms with E-state index in [1.807, 2.05) is 0 Å². The summed E-state index contributed by atoms with van der Waals surface area (Å²) in [5, 5.41) is 0. The van der Waals surface area contributed by atoms with Crippen molar-refractivity contribution < 1.29 is 14.3 Å². The highest BCUT2D eigenvalue weighted by molar-refractivity contribution is 5.90. The molecule has 0 heterocycles. The Kier molecular flexibility index (Phi) is 9.35. The monoisotopic (exact) mass is 350 g/mol. The predicted octanol–water partition coefficient (Wildman–Crippen LogP) is 3.97. The number of carbonyl (C=O) groups excluding carboxylic acids is 1. The number of nitrogens with two attached hydrogens (primary N) is 1. The number of benzene rings is 1. The SMILES string of the molecule is CCCCOc1cc(C(=O)OC[C@H](C(C)C)N(CC)CC)ccc1N. The summed E-state index contributed by atoms with van der Waals surface area (Å²) in [7, 11) is 0. The Balaban J connectivity index is 2.74. The van der Waals surface area contributed by atoms with Gasteiger partial charge in [-0.05, 0) is 43.6 Å². The van der Waals surface area contributed by atoms with Crippen LogP contribution in [0.2, 0.25) is 0 Å². The summed E-state index contributed by atoms with van der Waals surface area (Å²) in [6.45, 7) is 13.5. The summed E-state index contributed by atoms with van der Waals surface area (Å²) in [5.74, 6) is 0.622. The number of esters is 1. The number of nitrogen functional groups attached to an aromatic ring is 1. The molecular formula is C20H34N2O3. The van der Waals surface area contributed by atoms with Crippen molar-refractivity contribution in [2.45, 2.75) is 53.5 Å². The van der Waals surface area contributed by atoms with Gasteiger partial charge in [0.05, 0.1) is 17.9 Å². The topological polar surface area (TPSA) is 64.8 Å². The van der Waals surface area contributed by atoms with Crippen molar-refractivity contribution in [1.82, 2.24) is 4.90 Å². The Morgan fingerprint density at radius 3 is 2.44 bits per heavy atom. The number of nitrogens with zero attached hydrogens (tertiary/aromatic N) is 1. The third-order valence-corrected chi connectivity index (χ3v) is 4.44. The van der Waals surface area contributed by atoms with Crippen molar-refractivity contribution in [1.29, 1.82) is 0 Å². The molecule has 0 amide bonds. The summed E-state index contributed by atoms with van der Waals surface area (Å²) < 4.78 is 11.2. The Morgan fingerprint density at radius 1 is 1.20 bits per heavy atom. The van der Waals surface area contributed by atoms with E-state index in [0.29, 0.717) is 36.1 Å². The predicted molar refractivity (Wildman–Crippen MR) is 103 cm³/mol. The number of anilines is 1. The van der Waals surface area contributed by atoms with E-state index in [9.17, 15) is 4.79 Å². The molecule has 0 bridgehead atoms. The van der Waals surface area contributed by atoms with Crippen LogP contribution in [0.25, 0.3) is 0 Å². The summed E-state index contributed by atoms with van der Waals surface area (Å²) in [5.41, 5.74) is 6.94. The van der Waals surface area contributed by atoms with Crippen LogP contribution in [0.1, 0.15) is 57.8 Å². The summed E-state index contributed by atoms with van der Waals surface area (Å²) in [6.07, 6.45) is 2.00. The van der Waals surface area contributed by atoms with Crippen molar-refractivity contribution in [3.8, 4) is 5.75 Å². The van der Waals surface area contributed by atoms with E-state index >= 15 is 0 Å². The first kappa shape index (κ1) is 21.3. The fourth-order valence-electron chi connectivity index (χ4n) is 2.77. The lowest BCUT2D eigenvalue weighted by Crippen LogP contribution is -2.42. The number of likely N-dealkylation sites (N-methyl/N-ethyl adjacent to an activating group) is 1. The van der Waals surface area contributed by atoms with Gasteiger partial charge < -0.3 is 15.2 Å².